The minimum absolute atomic E-state index is 0.0863. The van der Waals surface area contributed by atoms with E-state index in [0.717, 1.165) is 44.1 Å². The lowest BCUT2D eigenvalue weighted by molar-refractivity contribution is -0.150. The van der Waals surface area contributed by atoms with Crippen LogP contribution in [0, 0.1) is 11.8 Å². The molecule has 0 radical (unpaired) electrons. The van der Waals surface area contributed by atoms with Crippen LogP contribution < -0.4 is 0 Å². The number of rotatable bonds is 2. The molecule has 18 heavy (non-hydrogen) atoms. The third kappa shape index (κ3) is 2.46. The topological polar surface area (TPSA) is 46.5 Å². The Bertz CT molecular complexity index is 337. The minimum atomic E-state index is -0.713. The van der Waals surface area contributed by atoms with E-state index in [1.54, 1.807) is 0 Å². The van der Waals surface area contributed by atoms with Crippen LogP contribution in [-0.4, -0.2) is 23.3 Å². The van der Waals surface area contributed by atoms with Crippen LogP contribution in [0.4, 0.5) is 0 Å². The molecule has 0 unspecified atom stereocenters. The molecular formula is C15H24O3. The molecule has 0 aromatic carbocycles. The van der Waals surface area contributed by atoms with E-state index in [9.17, 15) is 9.90 Å². The fraction of sp³-hybridized carbons (Fsp3) is 0.800. The highest BCUT2D eigenvalue weighted by atomic mass is 16.5. The third-order valence-electron chi connectivity index (χ3n) is 4.51. The summed E-state index contributed by atoms with van der Waals surface area (Å²) < 4.78 is 5.15. The Morgan fingerprint density at radius 2 is 2.22 bits per heavy atom. The Morgan fingerprint density at radius 3 is 2.94 bits per heavy atom. The molecule has 0 heterocycles. The Hall–Kier alpha value is -0.830. The average Bonchev–Trinajstić information content (AvgIpc) is 2.65. The van der Waals surface area contributed by atoms with E-state index in [4.69, 9.17) is 4.74 Å². The van der Waals surface area contributed by atoms with Crippen molar-refractivity contribution in [2.75, 3.05) is 6.61 Å². The Morgan fingerprint density at radius 1 is 1.44 bits per heavy atom. The SMILES string of the molecule is C=C1CCCCC[C@]2(O)CC[C@H](C(=O)OCC)[C@@H]12. The van der Waals surface area contributed by atoms with Gasteiger partial charge in [0.2, 0.25) is 0 Å². The summed E-state index contributed by atoms with van der Waals surface area (Å²) in [5, 5.41) is 10.8. The molecule has 2 aliphatic rings. The molecule has 2 rings (SSSR count). The first-order chi connectivity index (χ1) is 8.58. The van der Waals surface area contributed by atoms with Gasteiger partial charge in [0.15, 0.2) is 0 Å². The predicted molar refractivity (Wildman–Crippen MR) is 70.0 cm³/mol. The first-order valence-corrected chi connectivity index (χ1v) is 7.15. The smallest absolute Gasteiger partial charge is 0.309 e. The molecule has 3 atom stereocenters. The number of hydrogen-bond donors (Lipinski definition) is 1. The van der Waals surface area contributed by atoms with Gasteiger partial charge >= 0.3 is 5.97 Å². The van der Waals surface area contributed by atoms with Crippen molar-refractivity contribution >= 4 is 5.97 Å². The van der Waals surface area contributed by atoms with Crippen molar-refractivity contribution in [3.8, 4) is 0 Å². The number of carbonyl (C=O) groups excluding carboxylic acids is 1. The number of esters is 1. The first kappa shape index (κ1) is 13.6. The normalized spacial score (nSPS) is 36.7. The second-order valence-electron chi connectivity index (χ2n) is 5.70. The molecule has 2 saturated carbocycles. The number of carbonyl (C=O) groups is 1. The Balaban J connectivity index is 2.20. The minimum Gasteiger partial charge on any atom is -0.466 e. The molecule has 3 nitrogen and oxygen atoms in total. The molecule has 102 valence electrons. The highest BCUT2D eigenvalue weighted by Crippen LogP contribution is 2.49. The summed E-state index contributed by atoms with van der Waals surface area (Å²) in [7, 11) is 0. The van der Waals surface area contributed by atoms with Crippen LogP contribution in [-0.2, 0) is 9.53 Å². The van der Waals surface area contributed by atoms with E-state index >= 15 is 0 Å². The lowest BCUT2D eigenvalue weighted by Gasteiger charge is -2.35. The zero-order chi connectivity index (χ0) is 13.2. The molecular weight excluding hydrogens is 228 g/mol. The van der Waals surface area contributed by atoms with E-state index in [2.05, 4.69) is 6.58 Å². The van der Waals surface area contributed by atoms with Gasteiger partial charge in [-0.3, -0.25) is 4.79 Å². The van der Waals surface area contributed by atoms with Crippen molar-refractivity contribution < 1.29 is 14.6 Å². The van der Waals surface area contributed by atoms with Crippen LogP contribution in [0.15, 0.2) is 12.2 Å². The first-order valence-electron chi connectivity index (χ1n) is 7.15. The molecule has 3 heteroatoms. The van der Waals surface area contributed by atoms with Crippen LogP contribution in [0.25, 0.3) is 0 Å². The van der Waals surface area contributed by atoms with Crippen molar-refractivity contribution in [1.82, 2.24) is 0 Å². The van der Waals surface area contributed by atoms with E-state index in [-0.39, 0.29) is 17.8 Å². The molecule has 0 spiro atoms. The highest BCUT2D eigenvalue weighted by Gasteiger charge is 2.51. The number of aliphatic hydroxyl groups is 1. The maximum atomic E-state index is 12.0. The maximum Gasteiger partial charge on any atom is 0.309 e. The van der Waals surface area contributed by atoms with Crippen molar-refractivity contribution in [2.24, 2.45) is 11.8 Å². The van der Waals surface area contributed by atoms with Crippen LogP contribution >= 0.6 is 0 Å². The summed E-state index contributed by atoms with van der Waals surface area (Å²) in [4.78, 5) is 12.0. The Labute approximate surface area is 109 Å². The fourth-order valence-electron chi connectivity index (χ4n) is 3.67. The summed E-state index contributed by atoms with van der Waals surface area (Å²) >= 11 is 0. The van der Waals surface area contributed by atoms with Crippen molar-refractivity contribution in [3.63, 3.8) is 0 Å². The van der Waals surface area contributed by atoms with E-state index < -0.39 is 5.60 Å². The van der Waals surface area contributed by atoms with Crippen molar-refractivity contribution in [2.45, 2.75) is 57.5 Å². The molecule has 2 aliphatic carbocycles. The second-order valence-corrected chi connectivity index (χ2v) is 5.70. The largest absolute Gasteiger partial charge is 0.466 e. The van der Waals surface area contributed by atoms with Crippen LogP contribution in [0.3, 0.4) is 0 Å². The predicted octanol–water partition coefficient (Wildman–Crippen LogP) is 2.83. The van der Waals surface area contributed by atoms with Crippen LogP contribution in [0.5, 0.6) is 0 Å². The van der Waals surface area contributed by atoms with Gasteiger partial charge in [0.25, 0.3) is 0 Å². The molecule has 0 aromatic rings. The number of ether oxygens (including phenoxy) is 1. The lowest BCUT2D eigenvalue weighted by atomic mass is 9.74. The van der Waals surface area contributed by atoms with Crippen molar-refractivity contribution in [3.05, 3.63) is 12.2 Å². The van der Waals surface area contributed by atoms with Gasteiger partial charge in [-0.15, -0.1) is 0 Å². The van der Waals surface area contributed by atoms with E-state index in [0.29, 0.717) is 13.0 Å². The van der Waals surface area contributed by atoms with Gasteiger partial charge in [-0.25, -0.2) is 0 Å². The molecule has 2 fully saturated rings. The molecule has 0 amide bonds. The fourth-order valence-corrected chi connectivity index (χ4v) is 3.67. The molecule has 0 aromatic heterocycles. The second kappa shape index (κ2) is 5.43. The number of fused-ring (bicyclic) bond motifs is 1. The van der Waals surface area contributed by atoms with Gasteiger partial charge in [-0.05, 0) is 39.0 Å². The highest BCUT2D eigenvalue weighted by molar-refractivity contribution is 5.74. The van der Waals surface area contributed by atoms with Gasteiger partial charge < -0.3 is 9.84 Å². The number of hydrogen-bond acceptors (Lipinski definition) is 3. The summed E-state index contributed by atoms with van der Waals surface area (Å²) in [5.41, 5.74) is 0.335. The summed E-state index contributed by atoms with van der Waals surface area (Å²) in [5.74, 6) is -0.419. The summed E-state index contributed by atoms with van der Waals surface area (Å²) in [6, 6.07) is 0. The summed E-state index contributed by atoms with van der Waals surface area (Å²) in [6.45, 7) is 6.36. The van der Waals surface area contributed by atoms with Gasteiger partial charge in [-0.1, -0.05) is 25.0 Å². The molecule has 1 N–H and O–H groups in total. The average molecular weight is 252 g/mol. The van der Waals surface area contributed by atoms with Crippen LogP contribution in [0.2, 0.25) is 0 Å². The van der Waals surface area contributed by atoms with Gasteiger partial charge in [0.1, 0.15) is 0 Å². The maximum absolute atomic E-state index is 12.0. The van der Waals surface area contributed by atoms with E-state index in [1.165, 1.54) is 0 Å². The van der Waals surface area contributed by atoms with Crippen molar-refractivity contribution in [1.29, 1.82) is 0 Å². The van der Waals surface area contributed by atoms with Crippen LogP contribution in [0.1, 0.15) is 51.9 Å². The Kier molecular flexibility index (Phi) is 4.10. The van der Waals surface area contributed by atoms with Gasteiger partial charge in [-0.2, -0.15) is 0 Å². The third-order valence-corrected chi connectivity index (χ3v) is 4.51. The lowest BCUT2D eigenvalue weighted by Crippen LogP contribution is -2.39. The molecule has 0 bridgehead atoms. The van der Waals surface area contributed by atoms with Gasteiger partial charge in [0, 0.05) is 5.92 Å². The molecule has 0 aliphatic heterocycles. The quantitative estimate of drug-likeness (QED) is 0.607. The summed E-state index contributed by atoms with van der Waals surface area (Å²) in [6.07, 6.45) is 6.50. The zero-order valence-corrected chi connectivity index (χ0v) is 11.3. The zero-order valence-electron chi connectivity index (χ0n) is 11.3. The monoisotopic (exact) mass is 252 g/mol. The molecule has 0 saturated heterocycles. The van der Waals surface area contributed by atoms with E-state index in [1.807, 2.05) is 6.92 Å². The standard InChI is InChI=1S/C15H24O3/c1-3-18-14(16)12-8-10-15(17)9-6-4-5-7-11(2)13(12)15/h12-13,17H,2-10H2,1H3/t12-,13+,15-/m0/s1. The van der Waals surface area contributed by atoms with Gasteiger partial charge in [0.05, 0.1) is 18.1 Å².